The van der Waals surface area contributed by atoms with Crippen molar-refractivity contribution in [2.45, 2.75) is 32.8 Å². The maximum atomic E-state index is 10.6. The van der Waals surface area contributed by atoms with Crippen molar-refractivity contribution in [1.82, 2.24) is 0 Å². The van der Waals surface area contributed by atoms with Crippen molar-refractivity contribution in [2.75, 3.05) is 0 Å². The molecule has 1 N–H and O–H groups in total. The molecule has 0 saturated carbocycles. The molecule has 70 valence electrons. The van der Waals surface area contributed by atoms with E-state index >= 15 is 0 Å². The van der Waals surface area contributed by atoms with Gasteiger partial charge in [0.05, 0.1) is 0 Å². The molecule has 0 bridgehead atoms. The van der Waals surface area contributed by atoms with Gasteiger partial charge in [-0.15, -0.1) is 0 Å². The van der Waals surface area contributed by atoms with E-state index in [4.69, 9.17) is 5.11 Å². The second kappa shape index (κ2) is 5.54. The normalized spacial score (nSPS) is 11.9. The van der Waals surface area contributed by atoms with Gasteiger partial charge < -0.3 is 5.11 Å². The zero-order valence-electron chi connectivity index (χ0n) is 7.07. The Labute approximate surface area is 70.2 Å². The first-order chi connectivity index (χ1) is 5.61. The fourth-order valence-corrected chi connectivity index (χ4v) is 0.369. The number of carbonyl (C=O) groups excluding carboxylic acids is 2. The van der Waals surface area contributed by atoms with Gasteiger partial charge in [-0.3, -0.25) is 0 Å². The third-order valence-electron chi connectivity index (χ3n) is 1.16. The van der Waals surface area contributed by atoms with E-state index in [1.807, 2.05) is 0 Å². The first-order valence-corrected chi connectivity index (χ1v) is 3.71. The topological polar surface area (TPSA) is 72.8 Å². The summed E-state index contributed by atoms with van der Waals surface area (Å²) in [5, 5.41) is 8.85. The first kappa shape index (κ1) is 10.9. The summed E-state index contributed by atoms with van der Waals surface area (Å²) >= 11 is 0. The lowest BCUT2D eigenvalue weighted by Gasteiger charge is -2.04. The van der Waals surface area contributed by atoms with Crippen molar-refractivity contribution in [2.24, 2.45) is 0 Å². The standard InChI is InChI=1S/C7H12O5/c1-3-5(8)7(10)12-11-6(9)4-2/h5,8H,3-4H2,1-2H3. The summed E-state index contributed by atoms with van der Waals surface area (Å²) in [6.45, 7) is 3.17. The molecule has 0 fully saturated rings. The Balaban J connectivity index is 3.64. The smallest absolute Gasteiger partial charge is 0.381 e. The Hall–Kier alpha value is -1.10. The Morgan fingerprint density at radius 2 is 1.92 bits per heavy atom. The summed E-state index contributed by atoms with van der Waals surface area (Å²) in [4.78, 5) is 29.1. The van der Waals surface area contributed by atoms with Crippen LogP contribution in [0.5, 0.6) is 0 Å². The average Bonchev–Trinajstić information content (AvgIpc) is 2.11. The van der Waals surface area contributed by atoms with Crippen LogP contribution in [0.25, 0.3) is 0 Å². The van der Waals surface area contributed by atoms with Gasteiger partial charge in [-0.05, 0) is 6.42 Å². The van der Waals surface area contributed by atoms with Crippen molar-refractivity contribution < 1.29 is 24.5 Å². The van der Waals surface area contributed by atoms with Crippen LogP contribution in [-0.4, -0.2) is 23.1 Å². The summed E-state index contributed by atoms with van der Waals surface area (Å²) in [7, 11) is 0. The third kappa shape index (κ3) is 3.92. The SMILES string of the molecule is CCC(=O)OOC(=O)C(O)CC. The molecule has 0 aliphatic rings. The Kier molecular flexibility index (Phi) is 5.03. The minimum Gasteiger partial charge on any atom is -0.381 e. The average molecular weight is 176 g/mol. The van der Waals surface area contributed by atoms with Crippen molar-refractivity contribution in [3.8, 4) is 0 Å². The molecular weight excluding hydrogens is 164 g/mol. The van der Waals surface area contributed by atoms with Crippen molar-refractivity contribution in [1.29, 1.82) is 0 Å². The maximum Gasteiger partial charge on any atom is 0.383 e. The van der Waals surface area contributed by atoms with Gasteiger partial charge >= 0.3 is 11.9 Å². The molecule has 0 heterocycles. The van der Waals surface area contributed by atoms with E-state index < -0.39 is 18.0 Å². The molecule has 0 aromatic rings. The summed E-state index contributed by atoms with van der Waals surface area (Å²) in [5.74, 6) is -1.59. The number of aliphatic hydroxyl groups excluding tert-OH is 1. The summed E-state index contributed by atoms with van der Waals surface area (Å²) in [6.07, 6.45) is -0.882. The molecule has 12 heavy (non-hydrogen) atoms. The van der Waals surface area contributed by atoms with Gasteiger partial charge in [-0.2, -0.15) is 0 Å². The largest absolute Gasteiger partial charge is 0.383 e. The molecule has 0 aliphatic carbocycles. The molecule has 5 nitrogen and oxygen atoms in total. The maximum absolute atomic E-state index is 10.6. The zero-order valence-corrected chi connectivity index (χ0v) is 7.07. The summed E-state index contributed by atoms with van der Waals surface area (Å²) in [6, 6.07) is 0. The van der Waals surface area contributed by atoms with Crippen LogP contribution in [0.1, 0.15) is 26.7 Å². The quantitative estimate of drug-likeness (QED) is 0.490. The molecule has 0 spiro atoms. The monoisotopic (exact) mass is 176 g/mol. The van der Waals surface area contributed by atoms with Gasteiger partial charge in [-0.1, -0.05) is 13.8 Å². The van der Waals surface area contributed by atoms with Crippen molar-refractivity contribution >= 4 is 11.9 Å². The molecule has 0 rings (SSSR count). The molecule has 0 aromatic carbocycles. The highest BCUT2D eigenvalue weighted by Gasteiger charge is 2.16. The second-order valence-corrected chi connectivity index (χ2v) is 2.14. The van der Waals surface area contributed by atoms with Crippen LogP contribution < -0.4 is 0 Å². The lowest BCUT2D eigenvalue weighted by molar-refractivity contribution is -0.264. The number of aliphatic hydroxyl groups is 1. The number of rotatable bonds is 3. The minimum absolute atomic E-state index is 0.121. The fourth-order valence-electron chi connectivity index (χ4n) is 0.369. The van der Waals surface area contributed by atoms with Crippen LogP contribution in [0.4, 0.5) is 0 Å². The van der Waals surface area contributed by atoms with E-state index in [0.29, 0.717) is 0 Å². The lowest BCUT2D eigenvalue weighted by Crippen LogP contribution is -2.23. The first-order valence-electron chi connectivity index (χ1n) is 3.71. The summed E-state index contributed by atoms with van der Waals surface area (Å²) in [5.41, 5.74) is 0. The second-order valence-electron chi connectivity index (χ2n) is 2.14. The zero-order chi connectivity index (χ0) is 9.56. The molecule has 0 radical (unpaired) electrons. The van der Waals surface area contributed by atoms with Crippen LogP contribution in [0, 0.1) is 0 Å². The van der Waals surface area contributed by atoms with Gasteiger partial charge in [0.1, 0.15) is 0 Å². The van der Waals surface area contributed by atoms with Gasteiger partial charge in [-0.25, -0.2) is 19.4 Å². The Morgan fingerprint density at radius 3 is 2.33 bits per heavy atom. The predicted molar refractivity (Wildman–Crippen MR) is 38.8 cm³/mol. The molecule has 0 aliphatic heterocycles. The van der Waals surface area contributed by atoms with E-state index in [9.17, 15) is 9.59 Å². The number of hydrogen-bond acceptors (Lipinski definition) is 5. The van der Waals surface area contributed by atoms with Crippen molar-refractivity contribution in [3.63, 3.8) is 0 Å². The predicted octanol–water partition coefficient (Wildman–Crippen LogP) is 0.169. The molecule has 1 atom stereocenters. The van der Waals surface area contributed by atoms with Crippen LogP contribution in [0.15, 0.2) is 0 Å². The third-order valence-corrected chi connectivity index (χ3v) is 1.16. The molecule has 5 heteroatoms. The highest BCUT2D eigenvalue weighted by Crippen LogP contribution is 1.95. The van der Waals surface area contributed by atoms with Gasteiger partial charge in [0.25, 0.3) is 0 Å². The molecule has 0 aromatic heterocycles. The van der Waals surface area contributed by atoms with Crippen LogP contribution in [0.2, 0.25) is 0 Å². The van der Waals surface area contributed by atoms with E-state index in [-0.39, 0.29) is 12.8 Å². The van der Waals surface area contributed by atoms with Gasteiger partial charge in [0, 0.05) is 6.42 Å². The number of carbonyl (C=O) groups is 2. The molecule has 1 unspecified atom stereocenters. The highest BCUT2D eigenvalue weighted by atomic mass is 17.2. The minimum atomic E-state index is -1.23. The van der Waals surface area contributed by atoms with Crippen LogP contribution >= 0.6 is 0 Å². The molecular formula is C7H12O5. The fraction of sp³-hybridized carbons (Fsp3) is 0.714. The van der Waals surface area contributed by atoms with Crippen LogP contribution in [-0.2, 0) is 19.4 Å². The molecule has 0 saturated heterocycles. The Morgan fingerprint density at radius 1 is 1.33 bits per heavy atom. The van der Waals surface area contributed by atoms with E-state index in [1.165, 1.54) is 0 Å². The molecule has 0 amide bonds. The summed E-state index contributed by atoms with van der Waals surface area (Å²) < 4.78 is 0. The highest BCUT2D eigenvalue weighted by molar-refractivity contribution is 5.75. The van der Waals surface area contributed by atoms with E-state index in [2.05, 4.69) is 9.78 Å². The van der Waals surface area contributed by atoms with Gasteiger partial charge in [0.15, 0.2) is 6.10 Å². The van der Waals surface area contributed by atoms with E-state index in [0.717, 1.165) is 0 Å². The van der Waals surface area contributed by atoms with Gasteiger partial charge in [0.2, 0.25) is 0 Å². The van der Waals surface area contributed by atoms with E-state index in [1.54, 1.807) is 13.8 Å². The Bertz CT molecular complexity index is 165. The van der Waals surface area contributed by atoms with Crippen LogP contribution in [0.3, 0.4) is 0 Å². The van der Waals surface area contributed by atoms with Crippen molar-refractivity contribution in [3.05, 3.63) is 0 Å². The lowest BCUT2D eigenvalue weighted by atomic mass is 10.3. The number of hydrogen-bond donors (Lipinski definition) is 1.